The number of carbonyl (C=O) groups excluding carboxylic acids is 1. The Morgan fingerprint density at radius 2 is 1.97 bits per heavy atom. The predicted molar refractivity (Wildman–Crippen MR) is 99.7 cm³/mol. The monoisotopic (exact) mass is 417 g/mol. The van der Waals surface area contributed by atoms with E-state index in [2.05, 4.69) is 26.0 Å². The van der Waals surface area contributed by atoms with E-state index in [-0.39, 0.29) is 12.3 Å². The summed E-state index contributed by atoms with van der Waals surface area (Å²) in [6, 6.07) is 0. The van der Waals surface area contributed by atoms with Crippen LogP contribution in [0.4, 0.5) is 0 Å². The highest BCUT2D eigenvalue weighted by Gasteiger charge is 2.35. The second-order valence-corrected chi connectivity index (χ2v) is 6.67. The highest BCUT2D eigenvalue weighted by atomic mass is 16.6. The first-order chi connectivity index (χ1) is 14.1. The molecule has 12 nitrogen and oxygen atoms in total. The number of aromatic amines is 1. The number of aliphatic hydroxyl groups is 3. The maximum absolute atomic E-state index is 11.6. The maximum Gasteiger partial charge on any atom is 0.220 e. The average Bonchev–Trinajstić information content (AvgIpc) is 3.21. The van der Waals surface area contributed by atoms with Gasteiger partial charge in [0, 0.05) is 45.1 Å². The number of hydrogen-bond donors (Lipinski definition) is 6. The highest BCUT2D eigenvalue weighted by molar-refractivity contribution is 5.76. The first-order valence-electron chi connectivity index (χ1n) is 9.74. The summed E-state index contributed by atoms with van der Waals surface area (Å²) in [4.78, 5) is 11.6. The van der Waals surface area contributed by atoms with E-state index in [0.29, 0.717) is 58.9 Å². The molecule has 2 rings (SSSR count). The van der Waals surface area contributed by atoms with Gasteiger partial charge in [0.1, 0.15) is 12.2 Å². The van der Waals surface area contributed by atoms with Crippen LogP contribution in [-0.2, 0) is 25.4 Å². The van der Waals surface area contributed by atoms with Gasteiger partial charge in [-0.2, -0.15) is 0 Å². The van der Waals surface area contributed by atoms with E-state index in [9.17, 15) is 20.1 Å². The van der Waals surface area contributed by atoms with Crippen molar-refractivity contribution in [3.05, 3.63) is 11.9 Å². The number of aromatic nitrogens is 3. The van der Waals surface area contributed by atoms with Crippen LogP contribution in [0.15, 0.2) is 6.20 Å². The summed E-state index contributed by atoms with van der Waals surface area (Å²) in [7, 11) is 0. The van der Waals surface area contributed by atoms with E-state index in [1.807, 2.05) is 0 Å². The average molecular weight is 417 g/mol. The van der Waals surface area contributed by atoms with Crippen LogP contribution in [0.25, 0.3) is 0 Å². The summed E-state index contributed by atoms with van der Waals surface area (Å²) in [6.45, 7) is 2.93. The van der Waals surface area contributed by atoms with Crippen molar-refractivity contribution in [2.24, 2.45) is 0 Å². The minimum Gasteiger partial charge on any atom is -0.390 e. The van der Waals surface area contributed by atoms with E-state index >= 15 is 0 Å². The van der Waals surface area contributed by atoms with Crippen molar-refractivity contribution in [3.63, 3.8) is 0 Å². The Kier molecular flexibility index (Phi) is 11.0. The molecule has 0 aliphatic carbocycles. The molecule has 1 aliphatic rings. The molecule has 1 fully saturated rings. The number of H-pyrrole nitrogens is 1. The number of rotatable bonds is 14. The van der Waals surface area contributed by atoms with Gasteiger partial charge < -0.3 is 40.2 Å². The lowest BCUT2D eigenvalue weighted by atomic mass is 10.0. The molecular formula is C17H31N5O7. The van der Waals surface area contributed by atoms with Gasteiger partial charge in [0.2, 0.25) is 5.91 Å². The molecule has 1 aromatic rings. The van der Waals surface area contributed by atoms with Gasteiger partial charge in [0.15, 0.2) is 6.29 Å². The summed E-state index contributed by atoms with van der Waals surface area (Å²) >= 11 is 0. The molecule has 29 heavy (non-hydrogen) atoms. The fourth-order valence-corrected chi connectivity index (χ4v) is 2.75. The zero-order valence-electron chi connectivity index (χ0n) is 16.3. The number of aliphatic hydroxyl groups excluding tert-OH is 3. The van der Waals surface area contributed by atoms with Gasteiger partial charge in [-0.15, -0.1) is 5.10 Å². The maximum atomic E-state index is 11.6. The van der Waals surface area contributed by atoms with Crippen molar-refractivity contribution in [2.45, 2.75) is 43.9 Å². The molecule has 4 atom stereocenters. The number of nitrogens with zero attached hydrogens (tertiary/aromatic N) is 2. The summed E-state index contributed by atoms with van der Waals surface area (Å²) in [5.41, 5.74) is 0.751. The third-order valence-electron chi connectivity index (χ3n) is 4.33. The minimum absolute atomic E-state index is 0.00718. The molecular weight excluding hydrogens is 386 g/mol. The third kappa shape index (κ3) is 9.58. The quantitative estimate of drug-likeness (QED) is 0.175. The molecule has 0 spiro atoms. The first-order valence-corrected chi connectivity index (χ1v) is 9.74. The number of amides is 1. The Morgan fingerprint density at radius 3 is 2.69 bits per heavy atom. The van der Waals surface area contributed by atoms with Crippen LogP contribution in [0.1, 0.15) is 18.5 Å². The second-order valence-electron chi connectivity index (χ2n) is 6.67. The molecule has 12 heteroatoms. The van der Waals surface area contributed by atoms with Crippen molar-refractivity contribution in [1.82, 2.24) is 26.0 Å². The number of carbonyl (C=O) groups is 1. The highest BCUT2D eigenvalue weighted by Crippen LogP contribution is 2.18. The normalized spacial score (nSPS) is 24.5. The zero-order chi connectivity index (χ0) is 20.9. The molecule has 166 valence electrons. The lowest BCUT2D eigenvalue weighted by Crippen LogP contribution is -2.52. The summed E-state index contributed by atoms with van der Waals surface area (Å²) in [6.07, 6.45) is -1.18. The van der Waals surface area contributed by atoms with E-state index in [4.69, 9.17) is 14.2 Å². The topological polar surface area (TPSA) is 171 Å². The molecule has 0 aromatic carbocycles. The van der Waals surface area contributed by atoms with Gasteiger partial charge >= 0.3 is 0 Å². The lowest BCUT2D eigenvalue weighted by Gasteiger charge is -2.35. The smallest absolute Gasteiger partial charge is 0.220 e. The van der Waals surface area contributed by atoms with Gasteiger partial charge in [-0.3, -0.25) is 9.89 Å². The Balaban J connectivity index is 1.35. The molecule has 0 saturated carbocycles. The van der Waals surface area contributed by atoms with Crippen molar-refractivity contribution in [3.8, 4) is 0 Å². The van der Waals surface area contributed by atoms with Crippen molar-refractivity contribution >= 4 is 5.91 Å². The van der Waals surface area contributed by atoms with Gasteiger partial charge in [-0.05, 0) is 0 Å². The van der Waals surface area contributed by atoms with Crippen LogP contribution in [0.3, 0.4) is 0 Å². The SMILES string of the molecule is O=C(CCc1c[nH]nn1)NCCOCCOCCNCC1OC(O)C[C@@H](O)[C@H]1O. The number of nitrogens with one attached hydrogen (secondary N) is 3. The fraction of sp³-hybridized carbons (Fsp3) is 0.824. The first kappa shape index (κ1) is 23.6. The molecule has 0 radical (unpaired) electrons. The van der Waals surface area contributed by atoms with Crippen LogP contribution in [0.2, 0.25) is 0 Å². The van der Waals surface area contributed by atoms with Crippen molar-refractivity contribution in [2.75, 3.05) is 46.1 Å². The van der Waals surface area contributed by atoms with Crippen LogP contribution in [0, 0.1) is 0 Å². The van der Waals surface area contributed by atoms with Crippen LogP contribution in [-0.4, -0.2) is 107 Å². The van der Waals surface area contributed by atoms with Crippen LogP contribution >= 0.6 is 0 Å². The minimum atomic E-state index is -1.06. The molecule has 2 unspecified atom stereocenters. The summed E-state index contributed by atoms with van der Waals surface area (Å²) < 4.78 is 16.0. The number of hydrogen-bond acceptors (Lipinski definition) is 10. The summed E-state index contributed by atoms with van der Waals surface area (Å²) in [5, 5.41) is 44.6. The van der Waals surface area contributed by atoms with E-state index in [0.717, 1.165) is 5.69 Å². The zero-order valence-corrected chi connectivity index (χ0v) is 16.3. The molecule has 2 heterocycles. The van der Waals surface area contributed by atoms with Crippen LogP contribution in [0.5, 0.6) is 0 Å². The second kappa shape index (κ2) is 13.5. The number of ether oxygens (including phenoxy) is 3. The van der Waals surface area contributed by atoms with Gasteiger partial charge in [-0.1, -0.05) is 5.21 Å². The fourth-order valence-electron chi connectivity index (χ4n) is 2.75. The predicted octanol–water partition coefficient (Wildman–Crippen LogP) is -2.69. The van der Waals surface area contributed by atoms with Crippen molar-refractivity contribution in [1.29, 1.82) is 0 Å². The molecule has 1 saturated heterocycles. The Labute approximate surface area is 168 Å². The molecule has 1 aliphatic heterocycles. The molecule has 6 N–H and O–H groups in total. The standard InChI is InChI=1S/C17H31N5O7/c23-13-9-16(25)29-14(17(13)26)11-18-3-5-27-7-8-28-6-4-19-15(24)2-1-12-10-20-22-21-12/h10,13-14,16-18,23,25-26H,1-9,11H2,(H,19,24)(H,20,21,22)/t13-,14?,16?,17-/m1/s1. The van der Waals surface area contributed by atoms with Gasteiger partial charge in [-0.25, -0.2) is 0 Å². The Bertz CT molecular complexity index is 562. The molecule has 0 bridgehead atoms. The summed E-state index contributed by atoms with van der Waals surface area (Å²) in [5.74, 6) is -0.0639. The van der Waals surface area contributed by atoms with E-state index < -0.39 is 24.6 Å². The van der Waals surface area contributed by atoms with E-state index in [1.54, 1.807) is 6.20 Å². The Hall–Kier alpha value is -1.67. The molecule has 1 amide bonds. The largest absolute Gasteiger partial charge is 0.390 e. The lowest BCUT2D eigenvalue weighted by molar-refractivity contribution is -0.230. The van der Waals surface area contributed by atoms with E-state index in [1.165, 1.54) is 0 Å². The van der Waals surface area contributed by atoms with Crippen molar-refractivity contribution < 1.29 is 34.3 Å². The number of aryl methyl sites for hydroxylation is 1. The molecule has 1 aromatic heterocycles. The van der Waals surface area contributed by atoms with Gasteiger partial charge in [0.05, 0.1) is 38.2 Å². The van der Waals surface area contributed by atoms with Crippen LogP contribution < -0.4 is 10.6 Å². The van der Waals surface area contributed by atoms with Gasteiger partial charge in [0.25, 0.3) is 0 Å². The third-order valence-corrected chi connectivity index (χ3v) is 4.33. The Morgan fingerprint density at radius 1 is 1.21 bits per heavy atom.